The number of rotatable bonds is 5. The van der Waals surface area contributed by atoms with Crippen molar-refractivity contribution < 1.29 is 0 Å². The van der Waals surface area contributed by atoms with E-state index in [0.717, 1.165) is 13.0 Å². The molecule has 2 heteroatoms. The van der Waals surface area contributed by atoms with Gasteiger partial charge in [-0.3, -0.25) is 0 Å². The highest BCUT2D eigenvalue weighted by Crippen LogP contribution is 2.11. The molecule has 0 bridgehead atoms. The van der Waals surface area contributed by atoms with Crippen molar-refractivity contribution in [3.8, 4) is 0 Å². The van der Waals surface area contributed by atoms with Crippen molar-refractivity contribution in [2.45, 2.75) is 19.4 Å². The van der Waals surface area contributed by atoms with Crippen LogP contribution in [0.25, 0.3) is 0 Å². The summed E-state index contributed by atoms with van der Waals surface area (Å²) < 4.78 is 0. The molecule has 0 saturated carbocycles. The third-order valence-corrected chi connectivity index (χ3v) is 2.65. The molecular formula is C10H15NS. The molecule has 0 radical (unpaired) electrons. The minimum Gasteiger partial charge on any atom is -0.310 e. The van der Waals surface area contributed by atoms with Gasteiger partial charge in [0.1, 0.15) is 0 Å². The number of nitrogens with one attached hydrogen (secondary N) is 1. The first-order valence-corrected chi connectivity index (χ1v) is 5.13. The predicted molar refractivity (Wildman–Crippen MR) is 55.7 cm³/mol. The van der Waals surface area contributed by atoms with E-state index in [2.05, 4.69) is 36.3 Å². The molecule has 12 heavy (non-hydrogen) atoms. The summed E-state index contributed by atoms with van der Waals surface area (Å²) in [5.74, 6) is 0. The quantitative estimate of drug-likeness (QED) is 0.688. The fraction of sp³-hybridized carbons (Fsp3) is 0.400. The number of hydrogen-bond acceptors (Lipinski definition) is 2. The molecular weight excluding hydrogens is 166 g/mol. The summed E-state index contributed by atoms with van der Waals surface area (Å²) in [6.07, 6.45) is 3.04. The Morgan fingerprint density at radius 3 is 3.08 bits per heavy atom. The second-order valence-corrected chi connectivity index (χ2v) is 3.72. The highest BCUT2D eigenvalue weighted by molar-refractivity contribution is 7.09. The van der Waals surface area contributed by atoms with Crippen molar-refractivity contribution in [1.29, 1.82) is 0 Å². The highest BCUT2D eigenvalue weighted by Gasteiger charge is 2.03. The molecule has 1 nitrogen and oxygen atoms in total. The van der Waals surface area contributed by atoms with Gasteiger partial charge in [0.15, 0.2) is 0 Å². The molecule has 0 aliphatic heterocycles. The molecule has 1 atom stereocenters. The standard InChI is InChI=1S/C10H15NS/c1-3-9(11-4-2)8-10-6-5-7-12-10/h3,5-7,9,11H,1,4,8H2,2H3. The van der Waals surface area contributed by atoms with Crippen LogP contribution in [0.15, 0.2) is 30.2 Å². The Labute approximate surface area is 78.1 Å². The third kappa shape index (κ3) is 2.80. The summed E-state index contributed by atoms with van der Waals surface area (Å²) in [4.78, 5) is 1.42. The summed E-state index contributed by atoms with van der Waals surface area (Å²) in [7, 11) is 0. The van der Waals surface area contributed by atoms with Crippen molar-refractivity contribution in [2.75, 3.05) is 6.54 Å². The monoisotopic (exact) mass is 181 g/mol. The molecule has 1 rings (SSSR count). The third-order valence-electron chi connectivity index (χ3n) is 1.75. The molecule has 1 N–H and O–H groups in total. The van der Waals surface area contributed by atoms with Crippen LogP contribution in [-0.4, -0.2) is 12.6 Å². The van der Waals surface area contributed by atoms with Crippen LogP contribution < -0.4 is 5.32 Å². The van der Waals surface area contributed by atoms with Gasteiger partial charge in [0.05, 0.1) is 0 Å². The number of thiophene rings is 1. The zero-order chi connectivity index (χ0) is 8.81. The van der Waals surface area contributed by atoms with E-state index in [0.29, 0.717) is 6.04 Å². The summed E-state index contributed by atoms with van der Waals surface area (Å²) >= 11 is 1.80. The molecule has 1 aromatic heterocycles. The van der Waals surface area contributed by atoms with Crippen molar-refractivity contribution in [3.05, 3.63) is 35.0 Å². The molecule has 1 unspecified atom stereocenters. The summed E-state index contributed by atoms with van der Waals surface area (Å²) in [5.41, 5.74) is 0. The molecule has 0 amide bonds. The van der Waals surface area contributed by atoms with E-state index < -0.39 is 0 Å². The van der Waals surface area contributed by atoms with E-state index in [-0.39, 0.29) is 0 Å². The average Bonchev–Trinajstić information content (AvgIpc) is 2.56. The van der Waals surface area contributed by atoms with Gasteiger partial charge in [0.25, 0.3) is 0 Å². The van der Waals surface area contributed by atoms with E-state index in [9.17, 15) is 0 Å². The SMILES string of the molecule is C=CC(Cc1cccs1)NCC. The summed E-state index contributed by atoms with van der Waals surface area (Å²) in [5, 5.41) is 5.47. The fourth-order valence-corrected chi connectivity index (χ4v) is 1.91. The molecule has 1 heterocycles. The fourth-order valence-electron chi connectivity index (χ4n) is 1.15. The maximum Gasteiger partial charge on any atom is 0.0295 e. The van der Waals surface area contributed by atoms with Gasteiger partial charge in [-0.25, -0.2) is 0 Å². The normalized spacial score (nSPS) is 12.8. The van der Waals surface area contributed by atoms with Crippen molar-refractivity contribution >= 4 is 11.3 Å². The maximum atomic E-state index is 3.80. The zero-order valence-corrected chi connectivity index (χ0v) is 8.23. The smallest absolute Gasteiger partial charge is 0.0295 e. The van der Waals surface area contributed by atoms with Crippen LogP contribution in [0.5, 0.6) is 0 Å². The molecule has 0 spiro atoms. The van der Waals surface area contributed by atoms with Gasteiger partial charge in [-0.15, -0.1) is 17.9 Å². The molecule has 0 saturated heterocycles. The van der Waals surface area contributed by atoms with Crippen LogP contribution in [0, 0.1) is 0 Å². The minimum absolute atomic E-state index is 0.425. The Morgan fingerprint density at radius 2 is 2.58 bits per heavy atom. The Morgan fingerprint density at radius 1 is 1.75 bits per heavy atom. The van der Waals surface area contributed by atoms with E-state index in [1.807, 2.05) is 6.08 Å². The molecule has 66 valence electrons. The predicted octanol–water partition coefficient (Wildman–Crippen LogP) is 2.45. The number of hydrogen-bond donors (Lipinski definition) is 1. The van der Waals surface area contributed by atoms with E-state index in [4.69, 9.17) is 0 Å². The lowest BCUT2D eigenvalue weighted by Crippen LogP contribution is -2.28. The topological polar surface area (TPSA) is 12.0 Å². The van der Waals surface area contributed by atoms with Gasteiger partial charge in [0.2, 0.25) is 0 Å². The van der Waals surface area contributed by atoms with E-state index >= 15 is 0 Å². The minimum atomic E-state index is 0.425. The molecule has 0 fully saturated rings. The van der Waals surface area contributed by atoms with Gasteiger partial charge in [0, 0.05) is 17.3 Å². The first kappa shape index (κ1) is 9.49. The van der Waals surface area contributed by atoms with Crippen molar-refractivity contribution in [1.82, 2.24) is 5.32 Å². The molecule has 1 aromatic rings. The van der Waals surface area contributed by atoms with E-state index in [1.165, 1.54) is 4.88 Å². The van der Waals surface area contributed by atoms with E-state index in [1.54, 1.807) is 11.3 Å². The second kappa shape index (κ2) is 5.12. The Hall–Kier alpha value is -0.600. The summed E-state index contributed by atoms with van der Waals surface area (Å²) in [6, 6.07) is 4.68. The van der Waals surface area contributed by atoms with Crippen molar-refractivity contribution in [2.24, 2.45) is 0 Å². The number of likely N-dealkylation sites (N-methyl/N-ethyl adjacent to an activating group) is 1. The van der Waals surface area contributed by atoms with Gasteiger partial charge in [-0.2, -0.15) is 0 Å². The first-order valence-electron chi connectivity index (χ1n) is 4.25. The largest absolute Gasteiger partial charge is 0.310 e. The second-order valence-electron chi connectivity index (χ2n) is 2.68. The first-order chi connectivity index (χ1) is 5.86. The Balaban J connectivity index is 2.42. The lowest BCUT2D eigenvalue weighted by molar-refractivity contribution is 0.617. The Bertz CT molecular complexity index is 216. The molecule has 0 aliphatic carbocycles. The van der Waals surface area contributed by atoms with Crippen LogP contribution in [0.3, 0.4) is 0 Å². The van der Waals surface area contributed by atoms with Crippen LogP contribution in [-0.2, 0) is 6.42 Å². The van der Waals surface area contributed by atoms with Gasteiger partial charge >= 0.3 is 0 Å². The van der Waals surface area contributed by atoms with Crippen LogP contribution >= 0.6 is 11.3 Å². The van der Waals surface area contributed by atoms with Gasteiger partial charge < -0.3 is 5.32 Å². The lowest BCUT2D eigenvalue weighted by atomic mass is 10.2. The lowest BCUT2D eigenvalue weighted by Gasteiger charge is -2.11. The molecule has 0 aromatic carbocycles. The Kier molecular flexibility index (Phi) is 4.05. The zero-order valence-electron chi connectivity index (χ0n) is 7.42. The van der Waals surface area contributed by atoms with Crippen molar-refractivity contribution in [3.63, 3.8) is 0 Å². The summed E-state index contributed by atoms with van der Waals surface area (Å²) in [6.45, 7) is 6.92. The van der Waals surface area contributed by atoms with Gasteiger partial charge in [-0.05, 0) is 18.0 Å². The highest BCUT2D eigenvalue weighted by atomic mass is 32.1. The van der Waals surface area contributed by atoms with Gasteiger partial charge in [-0.1, -0.05) is 19.1 Å². The maximum absolute atomic E-state index is 3.80. The van der Waals surface area contributed by atoms with Crippen LogP contribution in [0.4, 0.5) is 0 Å². The molecule has 0 aliphatic rings. The van der Waals surface area contributed by atoms with Crippen LogP contribution in [0.2, 0.25) is 0 Å². The average molecular weight is 181 g/mol. The van der Waals surface area contributed by atoms with Crippen LogP contribution in [0.1, 0.15) is 11.8 Å².